The molecule has 3 fully saturated rings. The molecule has 2 atom stereocenters. The number of rotatable bonds is 6. The van der Waals surface area contributed by atoms with E-state index in [0.717, 1.165) is 17.8 Å². The molecule has 29 heavy (non-hydrogen) atoms. The van der Waals surface area contributed by atoms with Crippen molar-refractivity contribution in [2.45, 2.75) is 56.2 Å². The van der Waals surface area contributed by atoms with Crippen LogP contribution in [0.4, 0.5) is 0 Å². The summed E-state index contributed by atoms with van der Waals surface area (Å²) in [6, 6.07) is 2.96. The molecule has 4 rings (SSSR count). The average molecular weight is 461 g/mol. The van der Waals surface area contributed by atoms with E-state index >= 15 is 0 Å². The Hall–Kier alpha value is -0.810. The monoisotopic (exact) mass is 460 g/mol. The smallest absolute Gasteiger partial charge is 0.250 e. The van der Waals surface area contributed by atoms with E-state index in [1.54, 1.807) is 17.5 Å². The molecular formula is C19H28N2O5S3. The number of ketones is 1. The highest BCUT2D eigenvalue weighted by Gasteiger charge is 2.65. The zero-order valence-corrected chi connectivity index (χ0v) is 19.2. The maximum atomic E-state index is 13.2. The molecule has 0 amide bonds. The molecule has 1 aromatic rings. The molecule has 2 heterocycles. The third kappa shape index (κ3) is 3.50. The van der Waals surface area contributed by atoms with E-state index in [0.29, 0.717) is 25.7 Å². The normalized spacial score (nSPS) is 30.8. The fourth-order valence-corrected chi connectivity index (χ4v) is 10.0. The Balaban J connectivity index is 1.41. The molecule has 10 heteroatoms. The van der Waals surface area contributed by atoms with Gasteiger partial charge in [-0.15, -0.1) is 11.3 Å². The number of sulfonamides is 2. The van der Waals surface area contributed by atoms with E-state index in [9.17, 15) is 21.6 Å². The van der Waals surface area contributed by atoms with Gasteiger partial charge in [0.2, 0.25) is 20.0 Å². The largest absolute Gasteiger partial charge is 0.299 e. The van der Waals surface area contributed by atoms with Crippen LogP contribution >= 0.6 is 11.3 Å². The van der Waals surface area contributed by atoms with Crippen LogP contribution < -0.4 is 4.72 Å². The van der Waals surface area contributed by atoms with Crippen LogP contribution in [0.25, 0.3) is 0 Å². The molecule has 3 aliphatic rings. The van der Waals surface area contributed by atoms with Crippen LogP contribution in [0.2, 0.25) is 0 Å². The quantitative estimate of drug-likeness (QED) is 0.702. The first-order valence-electron chi connectivity index (χ1n) is 10.0. The first kappa shape index (κ1) is 21.4. The third-order valence-electron chi connectivity index (χ3n) is 7.50. The summed E-state index contributed by atoms with van der Waals surface area (Å²) >= 11 is 1.16. The zero-order valence-electron chi connectivity index (χ0n) is 16.8. The summed E-state index contributed by atoms with van der Waals surface area (Å²) in [4.78, 5) is 12.7. The summed E-state index contributed by atoms with van der Waals surface area (Å²) in [5, 5.41) is 1.71. The Labute approximate surface area is 177 Å². The summed E-state index contributed by atoms with van der Waals surface area (Å²) in [5.74, 6) is 0.261. The number of carbonyl (C=O) groups is 1. The minimum absolute atomic E-state index is 0.0981. The number of nitrogens with one attached hydrogen (secondary N) is 1. The minimum atomic E-state index is -3.59. The lowest BCUT2D eigenvalue weighted by atomic mass is 9.70. The lowest BCUT2D eigenvalue weighted by Crippen LogP contribution is -2.50. The van der Waals surface area contributed by atoms with Gasteiger partial charge in [0.1, 0.15) is 9.99 Å². The molecule has 2 bridgehead atoms. The summed E-state index contributed by atoms with van der Waals surface area (Å²) < 4.78 is 55.5. The molecule has 0 spiro atoms. The van der Waals surface area contributed by atoms with Crippen LogP contribution in [0.5, 0.6) is 0 Å². The second-order valence-electron chi connectivity index (χ2n) is 9.15. The van der Waals surface area contributed by atoms with E-state index in [1.165, 1.54) is 4.31 Å². The molecule has 1 N–H and O–H groups in total. The molecular weight excluding hydrogens is 432 g/mol. The van der Waals surface area contributed by atoms with Gasteiger partial charge in [-0.3, -0.25) is 4.79 Å². The first-order chi connectivity index (χ1) is 13.5. The van der Waals surface area contributed by atoms with Gasteiger partial charge in [-0.2, -0.15) is 0 Å². The van der Waals surface area contributed by atoms with Crippen molar-refractivity contribution in [3.63, 3.8) is 0 Å². The highest BCUT2D eigenvalue weighted by molar-refractivity contribution is 7.91. The highest BCUT2D eigenvalue weighted by atomic mass is 32.2. The van der Waals surface area contributed by atoms with Crippen molar-refractivity contribution in [1.82, 2.24) is 9.03 Å². The number of carbonyl (C=O) groups excluding carboxylic acids is 1. The Morgan fingerprint density at radius 3 is 2.38 bits per heavy atom. The lowest BCUT2D eigenvalue weighted by Gasteiger charge is -2.39. The molecule has 1 aliphatic heterocycles. The maximum absolute atomic E-state index is 13.2. The number of hydrogen-bond acceptors (Lipinski definition) is 6. The van der Waals surface area contributed by atoms with Crippen molar-refractivity contribution in [3.05, 3.63) is 17.5 Å². The molecule has 0 radical (unpaired) electrons. The van der Waals surface area contributed by atoms with E-state index in [-0.39, 0.29) is 46.2 Å². The summed E-state index contributed by atoms with van der Waals surface area (Å²) in [7, 11) is -7.15. The van der Waals surface area contributed by atoms with Gasteiger partial charge in [-0.1, -0.05) is 19.9 Å². The van der Waals surface area contributed by atoms with Crippen molar-refractivity contribution in [2.75, 3.05) is 18.8 Å². The van der Waals surface area contributed by atoms with Crippen LogP contribution in [0, 0.1) is 16.7 Å². The minimum Gasteiger partial charge on any atom is -0.299 e. The SMILES string of the molecule is CC1(C)C2CCC1(CS(=O)(=O)N1CCC(NS(=O)(=O)c3cccs3)CC1)C(=O)C2. The number of piperidine rings is 1. The van der Waals surface area contributed by atoms with Crippen molar-refractivity contribution in [3.8, 4) is 0 Å². The lowest BCUT2D eigenvalue weighted by molar-refractivity contribution is -0.128. The number of hydrogen-bond donors (Lipinski definition) is 1. The molecule has 2 saturated carbocycles. The van der Waals surface area contributed by atoms with Crippen molar-refractivity contribution in [1.29, 1.82) is 0 Å². The van der Waals surface area contributed by atoms with Crippen LogP contribution in [0.15, 0.2) is 21.7 Å². The van der Waals surface area contributed by atoms with Gasteiger partial charge in [-0.25, -0.2) is 25.9 Å². The van der Waals surface area contributed by atoms with E-state index < -0.39 is 25.5 Å². The van der Waals surface area contributed by atoms with Gasteiger partial charge in [0.15, 0.2) is 0 Å². The predicted octanol–water partition coefficient (Wildman–Crippen LogP) is 2.22. The summed E-state index contributed by atoms with van der Waals surface area (Å²) in [6.07, 6.45) is 2.92. The van der Waals surface area contributed by atoms with Gasteiger partial charge in [-0.05, 0) is 48.5 Å². The zero-order chi connectivity index (χ0) is 21.1. The Morgan fingerprint density at radius 2 is 1.86 bits per heavy atom. The average Bonchev–Trinajstić information content (AvgIpc) is 3.29. The van der Waals surface area contributed by atoms with Gasteiger partial charge >= 0.3 is 0 Å². The predicted molar refractivity (Wildman–Crippen MR) is 112 cm³/mol. The first-order valence-corrected chi connectivity index (χ1v) is 14.0. The molecule has 2 aliphatic carbocycles. The summed E-state index contributed by atoms with van der Waals surface area (Å²) in [6.45, 7) is 4.62. The molecule has 162 valence electrons. The molecule has 7 nitrogen and oxygen atoms in total. The van der Waals surface area contributed by atoms with Crippen molar-refractivity contribution < 1.29 is 21.6 Å². The Bertz CT molecular complexity index is 993. The van der Waals surface area contributed by atoms with Crippen LogP contribution in [-0.2, 0) is 24.8 Å². The van der Waals surface area contributed by atoms with Gasteiger partial charge in [0, 0.05) is 31.0 Å². The molecule has 1 saturated heterocycles. The standard InChI is InChI=1S/C19H28N2O5S3/c1-18(2)14-5-8-19(18,16(22)12-14)13-28(23,24)21-9-6-15(7-10-21)20-29(25,26)17-4-3-11-27-17/h3-4,11,14-15,20H,5-10,12-13H2,1-2H3. The van der Waals surface area contributed by atoms with Crippen LogP contribution in [0.1, 0.15) is 46.0 Å². The second-order valence-corrected chi connectivity index (χ2v) is 14.0. The number of Topliss-reactive ketones (excluding diaryl/α,β-unsaturated/α-hetero) is 1. The fourth-order valence-electron chi connectivity index (χ4n) is 5.46. The van der Waals surface area contributed by atoms with Gasteiger partial charge in [0.05, 0.1) is 5.75 Å². The fraction of sp³-hybridized carbons (Fsp3) is 0.737. The molecule has 2 unspecified atom stereocenters. The Morgan fingerprint density at radius 1 is 1.17 bits per heavy atom. The number of thiophene rings is 1. The van der Waals surface area contributed by atoms with Crippen molar-refractivity contribution >= 4 is 37.2 Å². The van der Waals surface area contributed by atoms with Crippen LogP contribution in [0.3, 0.4) is 0 Å². The number of nitrogens with zero attached hydrogens (tertiary/aromatic N) is 1. The third-order valence-corrected chi connectivity index (χ3v) is 12.4. The van der Waals surface area contributed by atoms with Gasteiger partial charge < -0.3 is 0 Å². The van der Waals surface area contributed by atoms with Crippen molar-refractivity contribution in [2.24, 2.45) is 16.7 Å². The molecule has 0 aromatic carbocycles. The highest BCUT2D eigenvalue weighted by Crippen LogP contribution is 2.64. The van der Waals surface area contributed by atoms with Gasteiger partial charge in [0.25, 0.3) is 0 Å². The summed E-state index contributed by atoms with van der Waals surface area (Å²) in [5.41, 5.74) is -1.06. The number of fused-ring (bicyclic) bond motifs is 2. The Kier molecular flexibility index (Phi) is 5.26. The molecule has 1 aromatic heterocycles. The maximum Gasteiger partial charge on any atom is 0.250 e. The van der Waals surface area contributed by atoms with E-state index in [2.05, 4.69) is 4.72 Å². The van der Waals surface area contributed by atoms with Crippen LogP contribution in [-0.4, -0.2) is 51.8 Å². The second kappa shape index (κ2) is 7.12. The van der Waals surface area contributed by atoms with E-state index in [1.807, 2.05) is 13.8 Å². The topological polar surface area (TPSA) is 101 Å². The van der Waals surface area contributed by atoms with E-state index in [4.69, 9.17) is 0 Å².